The van der Waals surface area contributed by atoms with Crippen molar-refractivity contribution in [1.29, 1.82) is 0 Å². The molecule has 14 heavy (non-hydrogen) atoms. The second-order valence-electron chi connectivity index (χ2n) is 3.86. The van der Waals surface area contributed by atoms with E-state index in [1.165, 1.54) is 11.1 Å². The van der Waals surface area contributed by atoms with Crippen LogP contribution in [0.2, 0.25) is 0 Å². The van der Waals surface area contributed by atoms with Gasteiger partial charge in [0.1, 0.15) is 5.78 Å². The molecule has 0 fully saturated rings. The van der Waals surface area contributed by atoms with E-state index in [2.05, 4.69) is 23.5 Å². The van der Waals surface area contributed by atoms with Crippen molar-refractivity contribution in [3.8, 4) is 0 Å². The van der Waals surface area contributed by atoms with Gasteiger partial charge in [0.25, 0.3) is 0 Å². The van der Waals surface area contributed by atoms with Crippen molar-refractivity contribution in [3.63, 3.8) is 0 Å². The highest BCUT2D eigenvalue weighted by molar-refractivity contribution is 5.76. The van der Waals surface area contributed by atoms with Crippen LogP contribution in [-0.2, 0) is 11.2 Å². The molecule has 74 valence electrons. The third-order valence-corrected chi connectivity index (χ3v) is 2.71. The van der Waals surface area contributed by atoms with Crippen molar-refractivity contribution in [1.82, 2.24) is 5.32 Å². The second-order valence-corrected chi connectivity index (χ2v) is 3.86. The maximum atomic E-state index is 11.1. The van der Waals surface area contributed by atoms with Crippen LogP contribution in [-0.4, -0.2) is 12.3 Å². The van der Waals surface area contributed by atoms with E-state index in [9.17, 15) is 4.79 Å². The van der Waals surface area contributed by atoms with Gasteiger partial charge in [-0.05, 0) is 31.0 Å². The molecule has 1 N–H and O–H groups in total. The standard InChI is InChI=1S/C12H15NO/c1-9(14)8-12-11-5-3-2-4-10(11)6-7-13-12/h2-5,12-13H,6-8H2,1H3/t12-/m0/s1. The summed E-state index contributed by atoms with van der Waals surface area (Å²) in [7, 11) is 0. The van der Waals surface area contributed by atoms with Crippen molar-refractivity contribution in [2.24, 2.45) is 0 Å². The number of hydrogen-bond acceptors (Lipinski definition) is 2. The van der Waals surface area contributed by atoms with Gasteiger partial charge in [-0.1, -0.05) is 24.3 Å². The van der Waals surface area contributed by atoms with Crippen LogP contribution in [0.15, 0.2) is 24.3 Å². The molecule has 1 atom stereocenters. The van der Waals surface area contributed by atoms with Gasteiger partial charge in [0.15, 0.2) is 0 Å². The number of fused-ring (bicyclic) bond motifs is 1. The van der Waals surface area contributed by atoms with E-state index in [1.807, 2.05) is 6.07 Å². The van der Waals surface area contributed by atoms with E-state index >= 15 is 0 Å². The normalized spacial score (nSPS) is 20.2. The van der Waals surface area contributed by atoms with E-state index in [0.717, 1.165) is 13.0 Å². The molecule has 0 aromatic heterocycles. The van der Waals surface area contributed by atoms with E-state index in [-0.39, 0.29) is 11.8 Å². The molecule has 0 radical (unpaired) electrons. The molecule has 0 aliphatic carbocycles. The molecule has 0 spiro atoms. The van der Waals surface area contributed by atoms with Gasteiger partial charge in [0.2, 0.25) is 0 Å². The second kappa shape index (κ2) is 3.93. The number of rotatable bonds is 2. The Bertz CT molecular complexity index is 346. The highest BCUT2D eigenvalue weighted by atomic mass is 16.1. The molecular formula is C12H15NO. The van der Waals surface area contributed by atoms with E-state index < -0.39 is 0 Å². The Balaban J connectivity index is 2.26. The Morgan fingerprint density at radius 1 is 1.50 bits per heavy atom. The summed E-state index contributed by atoms with van der Waals surface area (Å²) in [4.78, 5) is 11.1. The first kappa shape index (κ1) is 9.41. The summed E-state index contributed by atoms with van der Waals surface area (Å²) in [6.45, 7) is 2.63. The lowest BCUT2D eigenvalue weighted by atomic mass is 9.92. The third kappa shape index (κ3) is 1.85. The van der Waals surface area contributed by atoms with Crippen LogP contribution in [0, 0.1) is 0 Å². The fourth-order valence-corrected chi connectivity index (χ4v) is 2.06. The van der Waals surface area contributed by atoms with E-state index in [4.69, 9.17) is 0 Å². The number of benzene rings is 1. The van der Waals surface area contributed by atoms with Crippen LogP contribution in [0.4, 0.5) is 0 Å². The monoisotopic (exact) mass is 189 g/mol. The quantitative estimate of drug-likeness (QED) is 0.769. The molecule has 1 aliphatic heterocycles. The van der Waals surface area contributed by atoms with Crippen LogP contribution in [0.3, 0.4) is 0 Å². The van der Waals surface area contributed by atoms with Gasteiger partial charge >= 0.3 is 0 Å². The molecule has 2 nitrogen and oxygen atoms in total. The van der Waals surface area contributed by atoms with Crippen LogP contribution in [0.1, 0.15) is 30.5 Å². The van der Waals surface area contributed by atoms with Crippen molar-refractivity contribution >= 4 is 5.78 Å². The number of carbonyl (C=O) groups excluding carboxylic acids is 1. The number of ketones is 1. The zero-order chi connectivity index (χ0) is 9.97. The van der Waals surface area contributed by atoms with Crippen LogP contribution < -0.4 is 5.32 Å². The molecule has 1 heterocycles. The Labute approximate surface area is 84.3 Å². The molecule has 1 aliphatic rings. The fraction of sp³-hybridized carbons (Fsp3) is 0.417. The first-order valence-electron chi connectivity index (χ1n) is 5.08. The summed E-state index contributed by atoms with van der Waals surface area (Å²) < 4.78 is 0. The highest BCUT2D eigenvalue weighted by Gasteiger charge is 2.19. The maximum Gasteiger partial charge on any atom is 0.131 e. The molecule has 0 saturated carbocycles. The zero-order valence-corrected chi connectivity index (χ0v) is 8.42. The molecule has 0 saturated heterocycles. The first-order valence-corrected chi connectivity index (χ1v) is 5.08. The lowest BCUT2D eigenvalue weighted by Crippen LogP contribution is -2.30. The molecule has 2 rings (SSSR count). The van der Waals surface area contributed by atoms with Gasteiger partial charge in [-0.25, -0.2) is 0 Å². The summed E-state index contributed by atoms with van der Waals surface area (Å²) in [6, 6.07) is 8.62. The van der Waals surface area contributed by atoms with Gasteiger partial charge in [0.05, 0.1) is 0 Å². The topological polar surface area (TPSA) is 29.1 Å². The Morgan fingerprint density at radius 3 is 3.07 bits per heavy atom. The number of hydrogen-bond donors (Lipinski definition) is 1. The average Bonchev–Trinajstić information content (AvgIpc) is 2.18. The molecule has 0 unspecified atom stereocenters. The lowest BCUT2D eigenvalue weighted by Gasteiger charge is -2.26. The number of Topliss-reactive ketones (excluding diaryl/α,β-unsaturated/α-hetero) is 1. The maximum absolute atomic E-state index is 11.1. The van der Waals surface area contributed by atoms with Crippen LogP contribution >= 0.6 is 0 Å². The largest absolute Gasteiger partial charge is 0.309 e. The van der Waals surface area contributed by atoms with Crippen molar-refractivity contribution in [2.75, 3.05) is 6.54 Å². The van der Waals surface area contributed by atoms with Gasteiger partial charge < -0.3 is 5.32 Å². The predicted molar refractivity (Wildman–Crippen MR) is 56.2 cm³/mol. The van der Waals surface area contributed by atoms with Gasteiger partial charge in [-0.2, -0.15) is 0 Å². The molecule has 2 heteroatoms. The van der Waals surface area contributed by atoms with Gasteiger partial charge in [0, 0.05) is 12.5 Å². The fourth-order valence-electron chi connectivity index (χ4n) is 2.06. The Morgan fingerprint density at radius 2 is 2.29 bits per heavy atom. The summed E-state index contributed by atoms with van der Waals surface area (Å²) in [5.74, 6) is 0.249. The molecule has 0 bridgehead atoms. The smallest absolute Gasteiger partial charge is 0.131 e. The molecule has 1 aromatic rings. The minimum Gasteiger partial charge on any atom is -0.309 e. The minimum atomic E-state index is 0.234. The highest BCUT2D eigenvalue weighted by Crippen LogP contribution is 2.24. The minimum absolute atomic E-state index is 0.234. The van der Waals surface area contributed by atoms with Gasteiger partial charge in [-0.3, -0.25) is 4.79 Å². The van der Waals surface area contributed by atoms with Crippen LogP contribution in [0.25, 0.3) is 0 Å². The molecular weight excluding hydrogens is 174 g/mol. The summed E-state index contributed by atoms with van der Waals surface area (Å²) in [6.07, 6.45) is 1.68. The predicted octanol–water partition coefficient (Wildman–Crippen LogP) is 1.85. The summed E-state index contributed by atoms with van der Waals surface area (Å²) in [5.41, 5.74) is 2.69. The Kier molecular flexibility index (Phi) is 2.64. The lowest BCUT2D eigenvalue weighted by molar-refractivity contribution is -0.117. The van der Waals surface area contributed by atoms with Gasteiger partial charge in [-0.15, -0.1) is 0 Å². The number of carbonyl (C=O) groups is 1. The van der Waals surface area contributed by atoms with E-state index in [0.29, 0.717) is 6.42 Å². The SMILES string of the molecule is CC(=O)C[C@@H]1NCCc2ccccc21. The van der Waals surface area contributed by atoms with Crippen LogP contribution in [0.5, 0.6) is 0 Å². The zero-order valence-electron chi connectivity index (χ0n) is 8.42. The first-order chi connectivity index (χ1) is 6.77. The number of nitrogens with one attached hydrogen (secondary N) is 1. The molecule has 0 amide bonds. The van der Waals surface area contributed by atoms with Crippen molar-refractivity contribution in [2.45, 2.75) is 25.8 Å². The summed E-state index contributed by atoms with van der Waals surface area (Å²) >= 11 is 0. The van der Waals surface area contributed by atoms with Crippen molar-refractivity contribution < 1.29 is 4.79 Å². The average molecular weight is 189 g/mol. The Hall–Kier alpha value is -1.15. The van der Waals surface area contributed by atoms with E-state index in [1.54, 1.807) is 6.92 Å². The molecule has 1 aromatic carbocycles. The summed E-state index contributed by atoms with van der Waals surface area (Å²) in [5, 5.41) is 3.39. The third-order valence-electron chi connectivity index (χ3n) is 2.71. The van der Waals surface area contributed by atoms with Crippen molar-refractivity contribution in [3.05, 3.63) is 35.4 Å².